The first kappa shape index (κ1) is 40.2. The Bertz CT molecular complexity index is 930. The average molecular weight is 690 g/mol. The van der Waals surface area contributed by atoms with Crippen molar-refractivity contribution >= 4 is 5.91 Å². The molecule has 0 aromatic rings. The summed E-state index contributed by atoms with van der Waals surface area (Å²) in [5, 5.41) is 116. The number of hydrogen-bond acceptors (Lipinski definition) is 18. The summed E-state index contributed by atoms with van der Waals surface area (Å²) < 4.78 is 33.2. The van der Waals surface area contributed by atoms with Gasteiger partial charge in [-0.1, -0.05) is 26.2 Å². The summed E-state index contributed by atoms with van der Waals surface area (Å²) in [5.74, 6) is -0.435. The number of nitrogens with one attached hydrogen (secondary N) is 1. The van der Waals surface area contributed by atoms with Gasteiger partial charge in [0, 0.05) is 6.92 Å². The van der Waals surface area contributed by atoms with Crippen LogP contribution in [0.15, 0.2) is 0 Å². The van der Waals surface area contributed by atoms with Crippen LogP contribution in [0.4, 0.5) is 0 Å². The highest BCUT2D eigenvalue weighted by Gasteiger charge is 2.53. The maximum absolute atomic E-state index is 11.7. The second-order valence-corrected chi connectivity index (χ2v) is 12.0. The normalized spacial score (nSPS) is 42.5. The zero-order valence-electron chi connectivity index (χ0n) is 26.2. The molecule has 276 valence electrons. The third-order valence-electron chi connectivity index (χ3n) is 8.47. The quantitative estimate of drug-likeness (QED) is 0.0671. The van der Waals surface area contributed by atoms with Gasteiger partial charge in [-0.05, 0) is 6.42 Å². The molecule has 1 amide bonds. The molecule has 3 rings (SSSR count). The molecule has 17 unspecified atom stereocenters. The summed E-state index contributed by atoms with van der Waals surface area (Å²) in [5.41, 5.74) is 0. The molecule has 3 saturated heterocycles. The highest BCUT2D eigenvalue weighted by molar-refractivity contribution is 5.73. The van der Waals surface area contributed by atoms with Gasteiger partial charge in [-0.15, -0.1) is 0 Å². The first-order valence-corrected chi connectivity index (χ1v) is 15.7. The lowest BCUT2D eigenvalue weighted by Gasteiger charge is -2.48. The van der Waals surface area contributed by atoms with E-state index in [0.29, 0.717) is 12.8 Å². The standard InChI is InChI=1S/C28H51NO18/c1-3-4-5-6-13(34)12(29-11(2)33)10-42-26-22(40)19(37)24(15(8-31)44-26)47-28-23(41)20(38)25(16(9-32)45-28)46-27-21(39)18(36)17(35)14(7-30)43-27/h12-28,30-32,34-41H,3-10H2,1-2H3,(H,29,33). The van der Waals surface area contributed by atoms with Crippen LogP contribution in [0.2, 0.25) is 0 Å². The largest absolute Gasteiger partial charge is 0.394 e. The number of hydrogen-bond donors (Lipinski definition) is 12. The van der Waals surface area contributed by atoms with Crippen molar-refractivity contribution in [3.8, 4) is 0 Å². The van der Waals surface area contributed by atoms with Gasteiger partial charge in [0.15, 0.2) is 18.9 Å². The van der Waals surface area contributed by atoms with Crippen molar-refractivity contribution in [3.63, 3.8) is 0 Å². The zero-order chi connectivity index (χ0) is 35.0. The molecular formula is C28H51NO18. The van der Waals surface area contributed by atoms with Gasteiger partial charge in [0.1, 0.15) is 73.2 Å². The van der Waals surface area contributed by atoms with Gasteiger partial charge in [0.25, 0.3) is 0 Å². The lowest BCUT2D eigenvalue weighted by Crippen LogP contribution is -2.66. The molecule has 0 spiro atoms. The van der Waals surface area contributed by atoms with Crippen molar-refractivity contribution in [2.24, 2.45) is 0 Å². The summed E-state index contributed by atoms with van der Waals surface area (Å²) >= 11 is 0. The predicted molar refractivity (Wildman–Crippen MR) is 153 cm³/mol. The van der Waals surface area contributed by atoms with E-state index in [2.05, 4.69) is 5.32 Å². The molecule has 47 heavy (non-hydrogen) atoms. The number of ether oxygens (including phenoxy) is 6. The molecule has 3 aliphatic rings. The van der Waals surface area contributed by atoms with Crippen LogP contribution in [-0.2, 0) is 33.2 Å². The Kier molecular flexibility index (Phi) is 16.0. The number of rotatable bonds is 16. The van der Waals surface area contributed by atoms with Crippen LogP contribution in [0.5, 0.6) is 0 Å². The lowest BCUT2D eigenvalue weighted by atomic mass is 9.96. The van der Waals surface area contributed by atoms with Crippen LogP contribution >= 0.6 is 0 Å². The highest BCUT2D eigenvalue weighted by atomic mass is 16.8. The van der Waals surface area contributed by atoms with Crippen LogP contribution in [0.3, 0.4) is 0 Å². The first-order valence-electron chi connectivity index (χ1n) is 15.7. The van der Waals surface area contributed by atoms with Gasteiger partial charge < -0.3 is 89.9 Å². The van der Waals surface area contributed by atoms with Gasteiger partial charge in [0.05, 0.1) is 38.6 Å². The van der Waals surface area contributed by atoms with Gasteiger partial charge in [0.2, 0.25) is 5.91 Å². The molecule has 12 N–H and O–H groups in total. The molecular weight excluding hydrogens is 638 g/mol. The van der Waals surface area contributed by atoms with E-state index in [9.17, 15) is 61.0 Å². The number of unbranched alkanes of at least 4 members (excludes halogenated alkanes) is 2. The van der Waals surface area contributed by atoms with Crippen molar-refractivity contribution in [1.29, 1.82) is 0 Å². The molecule has 0 aromatic heterocycles. The van der Waals surface area contributed by atoms with E-state index in [-0.39, 0.29) is 6.61 Å². The fraction of sp³-hybridized carbons (Fsp3) is 0.964. The van der Waals surface area contributed by atoms with Gasteiger partial charge >= 0.3 is 0 Å². The molecule has 17 atom stereocenters. The molecule has 0 aliphatic carbocycles. The highest BCUT2D eigenvalue weighted by Crippen LogP contribution is 2.32. The molecule has 3 aliphatic heterocycles. The fourth-order valence-corrected chi connectivity index (χ4v) is 5.69. The maximum atomic E-state index is 11.7. The molecule has 3 heterocycles. The van der Waals surface area contributed by atoms with E-state index in [0.717, 1.165) is 12.8 Å². The molecule has 19 heteroatoms. The minimum Gasteiger partial charge on any atom is -0.394 e. The van der Waals surface area contributed by atoms with E-state index in [1.807, 2.05) is 6.92 Å². The minimum absolute atomic E-state index is 0.324. The van der Waals surface area contributed by atoms with Gasteiger partial charge in [-0.2, -0.15) is 0 Å². The van der Waals surface area contributed by atoms with E-state index in [1.165, 1.54) is 6.92 Å². The predicted octanol–water partition coefficient (Wildman–Crippen LogP) is -6.10. The summed E-state index contributed by atoms with van der Waals surface area (Å²) in [6.07, 6.45) is -23.5. The van der Waals surface area contributed by atoms with Crippen molar-refractivity contribution < 1.29 is 89.4 Å². The summed E-state index contributed by atoms with van der Waals surface area (Å²) in [6, 6.07) is -0.875. The summed E-state index contributed by atoms with van der Waals surface area (Å²) in [4.78, 5) is 11.7. The van der Waals surface area contributed by atoms with E-state index in [1.54, 1.807) is 0 Å². The van der Waals surface area contributed by atoms with Crippen LogP contribution in [0.25, 0.3) is 0 Å². The fourth-order valence-electron chi connectivity index (χ4n) is 5.69. The monoisotopic (exact) mass is 689 g/mol. The Hall–Kier alpha value is -1.21. The van der Waals surface area contributed by atoms with Crippen LogP contribution < -0.4 is 5.32 Å². The third-order valence-corrected chi connectivity index (χ3v) is 8.47. The Labute approximate surface area is 271 Å². The zero-order valence-corrected chi connectivity index (χ0v) is 26.2. The van der Waals surface area contributed by atoms with E-state index in [4.69, 9.17) is 28.4 Å². The molecule has 3 fully saturated rings. The second kappa shape index (κ2) is 18.7. The van der Waals surface area contributed by atoms with Crippen LogP contribution in [0.1, 0.15) is 39.5 Å². The Morgan fingerprint density at radius 2 is 1.15 bits per heavy atom. The van der Waals surface area contributed by atoms with Crippen LogP contribution in [0, 0.1) is 0 Å². The van der Waals surface area contributed by atoms with Crippen molar-refractivity contribution in [2.75, 3.05) is 26.4 Å². The molecule has 0 radical (unpaired) electrons. The lowest BCUT2D eigenvalue weighted by molar-refractivity contribution is -0.379. The SMILES string of the molecule is CCCCCC(O)C(COC1OC(CO)C(OC2OC(CO)C(OC3OC(CO)C(O)C(O)C3O)C(O)C2O)C(O)C1O)NC(C)=O. The summed E-state index contributed by atoms with van der Waals surface area (Å²) in [6.45, 7) is 0.529. The molecule has 0 bridgehead atoms. The van der Waals surface area contributed by atoms with E-state index < -0.39 is 130 Å². The molecule has 0 saturated carbocycles. The molecule has 19 nitrogen and oxygen atoms in total. The third kappa shape index (κ3) is 9.95. The Balaban J connectivity index is 1.65. The van der Waals surface area contributed by atoms with Gasteiger partial charge in [-0.3, -0.25) is 4.79 Å². The smallest absolute Gasteiger partial charge is 0.217 e. The topological polar surface area (TPSA) is 307 Å². The number of aliphatic hydroxyl groups is 11. The van der Waals surface area contributed by atoms with Crippen molar-refractivity contribution in [2.45, 2.75) is 144 Å². The maximum Gasteiger partial charge on any atom is 0.217 e. The number of aliphatic hydroxyl groups excluding tert-OH is 11. The Morgan fingerprint density at radius 3 is 1.64 bits per heavy atom. The number of carbonyl (C=O) groups is 1. The number of carbonyl (C=O) groups excluding carboxylic acids is 1. The minimum atomic E-state index is -1.96. The van der Waals surface area contributed by atoms with Crippen molar-refractivity contribution in [1.82, 2.24) is 5.32 Å². The number of amides is 1. The molecule has 0 aromatic carbocycles. The summed E-state index contributed by atoms with van der Waals surface area (Å²) in [7, 11) is 0. The Morgan fingerprint density at radius 1 is 0.681 bits per heavy atom. The first-order chi connectivity index (χ1) is 22.3. The van der Waals surface area contributed by atoms with Crippen molar-refractivity contribution in [3.05, 3.63) is 0 Å². The van der Waals surface area contributed by atoms with Crippen LogP contribution in [-0.4, -0.2) is 193 Å². The van der Waals surface area contributed by atoms with E-state index >= 15 is 0 Å². The second-order valence-electron chi connectivity index (χ2n) is 12.0. The van der Waals surface area contributed by atoms with Gasteiger partial charge in [-0.25, -0.2) is 0 Å². The average Bonchev–Trinajstić information content (AvgIpc) is 3.05.